The molecule has 0 unspecified atom stereocenters. The Labute approximate surface area is 86.6 Å². The van der Waals surface area contributed by atoms with Crippen LogP contribution in [-0.4, -0.2) is 25.0 Å². The van der Waals surface area contributed by atoms with E-state index >= 15 is 0 Å². The van der Waals surface area contributed by atoms with Crippen molar-refractivity contribution in [2.75, 3.05) is 13.1 Å². The SMILES string of the molecule is CCNC(=O)CNC1CC(C(C)C)C1. The minimum Gasteiger partial charge on any atom is -0.355 e. The van der Waals surface area contributed by atoms with E-state index < -0.39 is 0 Å². The molecule has 82 valence electrons. The van der Waals surface area contributed by atoms with Crippen molar-refractivity contribution >= 4 is 5.91 Å². The van der Waals surface area contributed by atoms with Crippen molar-refractivity contribution < 1.29 is 4.79 Å². The highest BCUT2D eigenvalue weighted by molar-refractivity contribution is 5.77. The molecule has 0 radical (unpaired) electrons. The zero-order chi connectivity index (χ0) is 10.6. The minimum atomic E-state index is 0.112. The highest BCUT2D eigenvalue weighted by Crippen LogP contribution is 2.33. The molecule has 0 aromatic carbocycles. The topological polar surface area (TPSA) is 41.1 Å². The van der Waals surface area contributed by atoms with Crippen molar-refractivity contribution in [3.05, 3.63) is 0 Å². The number of nitrogens with one attached hydrogen (secondary N) is 2. The van der Waals surface area contributed by atoms with E-state index in [0.29, 0.717) is 12.6 Å². The van der Waals surface area contributed by atoms with Gasteiger partial charge in [-0.3, -0.25) is 4.79 Å². The van der Waals surface area contributed by atoms with E-state index in [1.54, 1.807) is 0 Å². The van der Waals surface area contributed by atoms with Crippen molar-refractivity contribution in [2.45, 2.75) is 39.7 Å². The standard InChI is InChI=1S/C11H22N2O/c1-4-12-11(14)7-13-10-5-9(6-10)8(2)3/h8-10,13H,4-7H2,1-3H3,(H,12,14). The first-order valence-corrected chi connectivity index (χ1v) is 5.63. The van der Waals surface area contributed by atoms with Crippen LogP contribution in [0.25, 0.3) is 0 Å². The lowest BCUT2D eigenvalue weighted by Gasteiger charge is -2.38. The molecule has 0 aliphatic heterocycles. The Morgan fingerprint density at radius 3 is 2.57 bits per heavy atom. The maximum absolute atomic E-state index is 11.1. The molecule has 1 aliphatic carbocycles. The summed E-state index contributed by atoms with van der Waals surface area (Å²) in [5, 5.41) is 6.06. The number of carbonyl (C=O) groups is 1. The Morgan fingerprint density at radius 1 is 1.43 bits per heavy atom. The summed E-state index contributed by atoms with van der Waals surface area (Å²) in [4.78, 5) is 11.1. The summed E-state index contributed by atoms with van der Waals surface area (Å²) in [5.74, 6) is 1.76. The molecule has 1 aliphatic rings. The number of likely N-dealkylation sites (N-methyl/N-ethyl adjacent to an activating group) is 1. The molecule has 1 fully saturated rings. The van der Waals surface area contributed by atoms with Crippen molar-refractivity contribution in [1.29, 1.82) is 0 Å². The fourth-order valence-electron chi connectivity index (χ4n) is 1.87. The van der Waals surface area contributed by atoms with E-state index in [1.807, 2.05) is 6.92 Å². The van der Waals surface area contributed by atoms with Crippen LogP contribution in [0.15, 0.2) is 0 Å². The van der Waals surface area contributed by atoms with Crippen LogP contribution in [0.3, 0.4) is 0 Å². The average molecular weight is 198 g/mol. The average Bonchev–Trinajstić information content (AvgIpc) is 2.01. The first kappa shape index (κ1) is 11.5. The molecule has 1 rings (SSSR count). The number of amides is 1. The fourth-order valence-corrected chi connectivity index (χ4v) is 1.87. The van der Waals surface area contributed by atoms with Crippen molar-refractivity contribution in [3.63, 3.8) is 0 Å². The summed E-state index contributed by atoms with van der Waals surface area (Å²) in [6.07, 6.45) is 2.47. The summed E-state index contributed by atoms with van der Waals surface area (Å²) >= 11 is 0. The van der Waals surface area contributed by atoms with Gasteiger partial charge in [-0.25, -0.2) is 0 Å². The quantitative estimate of drug-likeness (QED) is 0.695. The predicted octanol–water partition coefficient (Wildman–Crippen LogP) is 1.15. The first-order chi connectivity index (χ1) is 6.63. The Morgan fingerprint density at radius 2 is 2.07 bits per heavy atom. The second-order valence-electron chi connectivity index (χ2n) is 4.51. The zero-order valence-electron chi connectivity index (χ0n) is 9.47. The molecule has 3 heteroatoms. The molecule has 0 spiro atoms. The Balaban J connectivity index is 2.03. The molecular formula is C11H22N2O. The second kappa shape index (κ2) is 5.35. The molecule has 0 heterocycles. The van der Waals surface area contributed by atoms with Gasteiger partial charge in [0.25, 0.3) is 0 Å². The van der Waals surface area contributed by atoms with Gasteiger partial charge in [-0.1, -0.05) is 13.8 Å². The maximum atomic E-state index is 11.1. The molecular weight excluding hydrogens is 176 g/mol. The van der Waals surface area contributed by atoms with Crippen LogP contribution in [-0.2, 0) is 4.79 Å². The van der Waals surface area contributed by atoms with E-state index in [1.165, 1.54) is 12.8 Å². The van der Waals surface area contributed by atoms with E-state index in [4.69, 9.17) is 0 Å². The minimum absolute atomic E-state index is 0.112. The van der Waals surface area contributed by atoms with Crippen LogP contribution in [0.1, 0.15) is 33.6 Å². The van der Waals surface area contributed by atoms with Crippen LogP contribution in [0.4, 0.5) is 0 Å². The number of hydrogen-bond acceptors (Lipinski definition) is 2. The van der Waals surface area contributed by atoms with Crippen molar-refractivity contribution in [3.8, 4) is 0 Å². The lowest BCUT2D eigenvalue weighted by molar-refractivity contribution is -0.120. The third kappa shape index (κ3) is 3.29. The zero-order valence-corrected chi connectivity index (χ0v) is 9.47. The monoisotopic (exact) mass is 198 g/mol. The Kier molecular flexibility index (Phi) is 4.39. The van der Waals surface area contributed by atoms with E-state index in [-0.39, 0.29) is 5.91 Å². The third-order valence-electron chi connectivity index (χ3n) is 3.04. The lowest BCUT2D eigenvalue weighted by atomic mass is 9.74. The van der Waals surface area contributed by atoms with Gasteiger partial charge in [-0.2, -0.15) is 0 Å². The molecule has 3 nitrogen and oxygen atoms in total. The van der Waals surface area contributed by atoms with E-state index in [9.17, 15) is 4.79 Å². The largest absolute Gasteiger partial charge is 0.355 e. The van der Waals surface area contributed by atoms with Crippen LogP contribution in [0.5, 0.6) is 0 Å². The van der Waals surface area contributed by atoms with Gasteiger partial charge in [-0.15, -0.1) is 0 Å². The van der Waals surface area contributed by atoms with Gasteiger partial charge in [0, 0.05) is 12.6 Å². The molecule has 0 saturated heterocycles. The predicted molar refractivity (Wildman–Crippen MR) is 58.0 cm³/mol. The molecule has 1 amide bonds. The van der Waals surface area contributed by atoms with Crippen molar-refractivity contribution in [1.82, 2.24) is 10.6 Å². The van der Waals surface area contributed by atoms with Gasteiger partial charge in [-0.05, 0) is 31.6 Å². The third-order valence-corrected chi connectivity index (χ3v) is 3.04. The molecule has 0 bridgehead atoms. The van der Waals surface area contributed by atoms with Crippen LogP contribution < -0.4 is 10.6 Å². The molecule has 0 atom stereocenters. The molecule has 0 aromatic heterocycles. The molecule has 14 heavy (non-hydrogen) atoms. The van der Waals surface area contributed by atoms with E-state index in [2.05, 4.69) is 24.5 Å². The van der Waals surface area contributed by atoms with Gasteiger partial charge >= 0.3 is 0 Å². The highest BCUT2D eigenvalue weighted by Gasteiger charge is 2.30. The highest BCUT2D eigenvalue weighted by atomic mass is 16.1. The summed E-state index contributed by atoms with van der Waals surface area (Å²) in [6, 6.07) is 0.574. The van der Waals surface area contributed by atoms with Crippen LogP contribution in [0.2, 0.25) is 0 Å². The van der Waals surface area contributed by atoms with E-state index in [0.717, 1.165) is 18.4 Å². The number of rotatable bonds is 5. The van der Waals surface area contributed by atoms with Crippen molar-refractivity contribution in [2.24, 2.45) is 11.8 Å². The van der Waals surface area contributed by atoms with Crippen LogP contribution in [0, 0.1) is 11.8 Å². The fraction of sp³-hybridized carbons (Fsp3) is 0.909. The van der Waals surface area contributed by atoms with Gasteiger partial charge in [0.2, 0.25) is 5.91 Å². The Hall–Kier alpha value is -0.570. The molecule has 2 N–H and O–H groups in total. The van der Waals surface area contributed by atoms with Gasteiger partial charge in [0.1, 0.15) is 0 Å². The van der Waals surface area contributed by atoms with Gasteiger partial charge in [0.15, 0.2) is 0 Å². The number of hydrogen-bond donors (Lipinski definition) is 2. The summed E-state index contributed by atoms with van der Waals surface area (Å²) in [5.41, 5.74) is 0. The smallest absolute Gasteiger partial charge is 0.233 e. The second-order valence-corrected chi connectivity index (χ2v) is 4.51. The van der Waals surface area contributed by atoms with Crippen LogP contribution >= 0.6 is 0 Å². The summed E-state index contributed by atoms with van der Waals surface area (Å²) in [6.45, 7) is 7.68. The first-order valence-electron chi connectivity index (χ1n) is 5.63. The van der Waals surface area contributed by atoms with Gasteiger partial charge < -0.3 is 10.6 Å². The molecule has 0 aromatic rings. The maximum Gasteiger partial charge on any atom is 0.233 e. The van der Waals surface area contributed by atoms with Gasteiger partial charge in [0.05, 0.1) is 6.54 Å². The molecule has 1 saturated carbocycles. The Bertz CT molecular complexity index is 186. The summed E-state index contributed by atoms with van der Waals surface area (Å²) < 4.78 is 0. The summed E-state index contributed by atoms with van der Waals surface area (Å²) in [7, 11) is 0. The lowest BCUT2D eigenvalue weighted by Crippen LogP contribution is -2.46. The number of carbonyl (C=O) groups excluding carboxylic acids is 1. The normalized spacial score (nSPS) is 26.0.